The van der Waals surface area contributed by atoms with Crippen molar-refractivity contribution in [1.29, 1.82) is 0 Å². The Morgan fingerprint density at radius 3 is 2.55 bits per heavy atom. The van der Waals surface area contributed by atoms with Gasteiger partial charge in [-0.2, -0.15) is 0 Å². The number of rotatable bonds is 3. The van der Waals surface area contributed by atoms with Gasteiger partial charge in [-0.15, -0.1) is 0 Å². The first-order valence-corrected chi connectivity index (χ1v) is 7.21. The zero-order valence-electron chi connectivity index (χ0n) is 10.7. The molecule has 1 aromatic carbocycles. The third-order valence-corrected chi connectivity index (χ3v) is 3.59. The Kier molecular flexibility index (Phi) is 4.39. The van der Waals surface area contributed by atoms with E-state index in [0.717, 1.165) is 5.56 Å². The van der Waals surface area contributed by atoms with Crippen LogP contribution in [0.1, 0.15) is 11.1 Å². The van der Waals surface area contributed by atoms with Gasteiger partial charge in [0, 0.05) is 22.3 Å². The van der Waals surface area contributed by atoms with Crippen LogP contribution in [0.2, 0.25) is 0 Å². The summed E-state index contributed by atoms with van der Waals surface area (Å²) in [4.78, 5) is 14.8. The van der Waals surface area contributed by atoms with Gasteiger partial charge in [0.25, 0.3) is 0 Å². The number of aromatic nitrogens is 1. The molecule has 2 aromatic rings. The van der Waals surface area contributed by atoms with Gasteiger partial charge in [-0.25, -0.2) is 4.98 Å². The summed E-state index contributed by atoms with van der Waals surface area (Å²) in [5, 5.41) is 11.1. The minimum absolute atomic E-state index is 0.105. The van der Waals surface area contributed by atoms with Crippen LogP contribution in [0.15, 0.2) is 33.3 Å². The summed E-state index contributed by atoms with van der Waals surface area (Å²) in [6, 6.07) is 5.00. The van der Waals surface area contributed by atoms with Gasteiger partial charge in [0.2, 0.25) is 11.6 Å². The minimum Gasteiger partial charge on any atom is -0.430 e. The van der Waals surface area contributed by atoms with Crippen molar-refractivity contribution in [1.82, 2.24) is 4.98 Å². The van der Waals surface area contributed by atoms with E-state index in [1.54, 1.807) is 19.2 Å². The third-order valence-electron chi connectivity index (χ3n) is 2.56. The van der Waals surface area contributed by atoms with Crippen molar-refractivity contribution in [2.75, 3.05) is 0 Å². The number of ether oxygens (including phenoxy) is 1. The Morgan fingerprint density at radius 1 is 1.25 bits per heavy atom. The number of halogens is 2. The summed E-state index contributed by atoms with van der Waals surface area (Å²) in [5.41, 5.74) is 1.51. The molecule has 0 N–H and O–H groups in total. The van der Waals surface area contributed by atoms with E-state index < -0.39 is 4.92 Å². The van der Waals surface area contributed by atoms with Crippen LogP contribution in [0, 0.1) is 24.0 Å². The van der Waals surface area contributed by atoms with Crippen LogP contribution in [-0.2, 0) is 0 Å². The molecular formula is C13H10Br2N2O3. The molecule has 0 amide bonds. The number of benzene rings is 1. The van der Waals surface area contributed by atoms with Gasteiger partial charge >= 0.3 is 5.69 Å². The van der Waals surface area contributed by atoms with Gasteiger partial charge in [0.1, 0.15) is 0 Å². The average Bonchev–Trinajstić information content (AvgIpc) is 2.34. The van der Waals surface area contributed by atoms with Gasteiger partial charge in [0.05, 0.1) is 9.40 Å². The van der Waals surface area contributed by atoms with Crippen molar-refractivity contribution in [3.05, 3.63) is 54.6 Å². The Balaban J connectivity index is 2.50. The van der Waals surface area contributed by atoms with Crippen LogP contribution < -0.4 is 4.74 Å². The van der Waals surface area contributed by atoms with Gasteiger partial charge < -0.3 is 4.74 Å². The molecule has 20 heavy (non-hydrogen) atoms. The van der Waals surface area contributed by atoms with E-state index in [0.29, 0.717) is 20.4 Å². The maximum atomic E-state index is 11.1. The zero-order chi connectivity index (χ0) is 14.9. The van der Waals surface area contributed by atoms with Crippen LogP contribution in [0.5, 0.6) is 11.6 Å². The summed E-state index contributed by atoms with van der Waals surface area (Å²) in [6.45, 7) is 3.64. The molecule has 104 valence electrons. The summed E-state index contributed by atoms with van der Waals surface area (Å²) >= 11 is 6.58. The highest BCUT2D eigenvalue weighted by molar-refractivity contribution is 9.10. The molecule has 7 heteroatoms. The summed E-state index contributed by atoms with van der Waals surface area (Å²) in [7, 11) is 0. The molecule has 0 atom stereocenters. The number of pyridine rings is 1. The number of nitro groups is 1. The predicted molar refractivity (Wildman–Crippen MR) is 82.3 cm³/mol. The normalized spacial score (nSPS) is 10.4. The number of nitrogens with zero attached hydrogens (tertiary/aromatic N) is 2. The van der Waals surface area contributed by atoms with Crippen molar-refractivity contribution in [2.24, 2.45) is 0 Å². The molecule has 0 aliphatic heterocycles. The summed E-state index contributed by atoms with van der Waals surface area (Å²) in [6.07, 6.45) is 1.64. The van der Waals surface area contributed by atoms with Gasteiger partial charge in [0.15, 0.2) is 0 Å². The van der Waals surface area contributed by atoms with Crippen molar-refractivity contribution < 1.29 is 9.66 Å². The lowest BCUT2D eigenvalue weighted by Crippen LogP contribution is -1.98. The molecule has 0 aliphatic carbocycles. The first kappa shape index (κ1) is 14.9. The van der Waals surface area contributed by atoms with E-state index in [-0.39, 0.29) is 11.4 Å². The molecular weight excluding hydrogens is 392 g/mol. The van der Waals surface area contributed by atoms with Crippen LogP contribution >= 0.6 is 31.9 Å². The van der Waals surface area contributed by atoms with E-state index in [9.17, 15) is 10.1 Å². The minimum atomic E-state index is -0.477. The highest BCUT2D eigenvalue weighted by Gasteiger charge is 2.21. The Hall–Kier alpha value is -1.47. The molecule has 0 saturated carbocycles. The first-order valence-electron chi connectivity index (χ1n) is 5.63. The Morgan fingerprint density at radius 2 is 1.95 bits per heavy atom. The highest BCUT2D eigenvalue weighted by Crippen LogP contribution is 2.38. The van der Waals surface area contributed by atoms with E-state index in [1.165, 1.54) is 6.07 Å². The van der Waals surface area contributed by atoms with Crippen molar-refractivity contribution in [2.45, 2.75) is 13.8 Å². The second kappa shape index (κ2) is 5.88. The van der Waals surface area contributed by atoms with Crippen molar-refractivity contribution in [3.63, 3.8) is 0 Å². The lowest BCUT2D eigenvalue weighted by atomic mass is 10.2. The standard InChI is InChI=1S/C13H10Br2N2O3/c1-7-3-10(15)13(16-6-7)20-12-8(2)4-9(14)5-11(12)17(18)19/h3-6H,1-2H3. The fourth-order valence-electron chi connectivity index (χ4n) is 1.67. The summed E-state index contributed by atoms with van der Waals surface area (Å²) < 4.78 is 6.90. The fourth-order valence-corrected chi connectivity index (χ4v) is 2.78. The molecule has 2 rings (SSSR count). The second-order valence-corrected chi connectivity index (χ2v) is 6.00. The molecule has 0 bridgehead atoms. The molecule has 0 aliphatic rings. The Labute approximate surface area is 132 Å². The molecule has 0 radical (unpaired) electrons. The van der Waals surface area contributed by atoms with E-state index >= 15 is 0 Å². The third kappa shape index (κ3) is 3.16. The van der Waals surface area contributed by atoms with E-state index in [2.05, 4.69) is 36.8 Å². The van der Waals surface area contributed by atoms with Crippen LogP contribution in [0.25, 0.3) is 0 Å². The molecule has 1 heterocycles. The van der Waals surface area contributed by atoms with Crippen molar-refractivity contribution in [3.8, 4) is 11.6 Å². The lowest BCUT2D eigenvalue weighted by Gasteiger charge is -2.10. The topological polar surface area (TPSA) is 65.3 Å². The quantitative estimate of drug-likeness (QED) is 0.540. The number of nitro benzene ring substituents is 1. The van der Waals surface area contributed by atoms with E-state index in [1.807, 2.05) is 13.0 Å². The zero-order valence-corrected chi connectivity index (χ0v) is 13.9. The molecule has 5 nitrogen and oxygen atoms in total. The second-order valence-electron chi connectivity index (χ2n) is 4.23. The van der Waals surface area contributed by atoms with Crippen LogP contribution in [-0.4, -0.2) is 9.91 Å². The maximum absolute atomic E-state index is 11.1. The first-order chi connectivity index (χ1) is 9.38. The smallest absolute Gasteiger partial charge is 0.313 e. The molecule has 0 fully saturated rings. The molecule has 0 unspecified atom stereocenters. The maximum Gasteiger partial charge on any atom is 0.313 e. The van der Waals surface area contributed by atoms with Gasteiger partial charge in [-0.3, -0.25) is 10.1 Å². The van der Waals surface area contributed by atoms with Gasteiger partial charge in [-0.1, -0.05) is 15.9 Å². The molecule has 1 aromatic heterocycles. The number of hydrogen-bond acceptors (Lipinski definition) is 4. The Bertz CT molecular complexity index is 690. The van der Waals surface area contributed by atoms with Gasteiger partial charge in [-0.05, 0) is 47.5 Å². The fraction of sp³-hybridized carbons (Fsp3) is 0.154. The van der Waals surface area contributed by atoms with Crippen LogP contribution in [0.3, 0.4) is 0 Å². The molecule has 0 spiro atoms. The van der Waals surface area contributed by atoms with Crippen LogP contribution in [0.4, 0.5) is 5.69 Å². The SMILES string of the molecule is Cc1cnc(Oc2c(C)cc(Br)cc2[N+](=O)[O-])c(Br)c1. The monoisotopic (exact) mass is 400 g/mol. The number of hydrogen-bond donors (Lipinski definition) is 0. The largest absolute Gasteiger partial charge is 0.430 e. The molecule has 0 saturated heterocycles. The van der Waals surface area contributed by atoms with E-state index in [4.69, 9.17) is 4.74 Å². The van der Waals surface area contributed by atoms with Crippen molar-refractivity contribution >= 4 is 37.5 Å². The summed E-state index contributed by atoms with van der Waals surface area (Å²) in [5.74, 6) is 0.486. The highest BCUT2D eigenvalue weighted by atomic mass is 79.9. The number of aryl methyl sites for hydroxylation is 2. The average molecular weight is 402 g/mol. The predicted octanol–water partition coefficient (Wildman–Crippen LogP) is 4.92. The lowest BCUT2D eigenvalue weighted by molar-refractivity contribution is -0.385.